The van der Waals surface area contributed by atoms with Crippen molar-refractivity contribution in [2.45, 2.75) is 0 Å². The van der Waals surface area contributed by atoms with Crippen LogP contribution in [0.1, 0.15) is 10.4 Å². The number of rotatable bonds is 2. The van der Waals surface area contributed by atoms with Crippen molar-refractivity contribution in [3.8, 4) is 0 Å². The summed E-state index contributed by atoms with van der Waals surface area (Å²) < 4.78 is 0. The highest BCUT2D eigenvalue weighted by Crippen LogP contribution is 2.16. The lowest BCUT2D eigenvalue weighted by atomic mass is 10.2. The summed E-state index contributed by atoms with van der Waals surface area (Å²) in [5.74, 6) is -0.192. The van der Waals surface area contributed by atoms with Crippen molar-refractivity contribution in [1.29, 1.82) is 0 Å². The lowest BCUT2D eigenvalue weighted by Crippen LogP contribution is -2.11. The van der Waals surface area contributed by atoms with Gasteiger partial charge in [0.05, 0.1) is 6.57 Å². The SMILES string of the molecule is [C-]#[N+]c1ccc(NC(=O)c2ccncc2)cc1. The molecular weight excluding hydrogens is 214 g/mol. The molecule has 0 aliphatic carbocycles. The number of pyridine rings is 1. The van der Waals surface area contributed by atoms with E-state index in [1.807, 2.05) is 0 Å². The Hall–Kier alpha value is -2.67. The van der Waals surface area contributed by atoms with Gasteiger partial charge >= 0.3 is 0 Å². The molecule has 0 aliphatic rings. The highest BCUT2D eigenvalue weighted by Gasteiger charge is 2.04. The first-order valence-corrected chi connectivity index (χ1v) is 4.98. The van der Waals surface area contributed by atoms with E-state index in [0.717, 1.165) is 0 Å². The van der Waals surface area contributed by atoms with E-state index in [0.29, 0.717) is 16.9 Å². The van der Waals surface area contributed by atoms with E-state index in [4.69, 9.17) is 6.57 Å². The van der Waals surface area contributed by atoms with Crippen LogP contribution in [0.5, 0.6) is 0 Å². The van der Waals surface area contributed by atoms with E-state index in [1.165, 1.54) is 0 Å². The molecule has 0 aliphatic heterocycles. The summed E-state index contributed by atoms with van der Waals surface area (Å²) in [4.78, 5) is 18.9. The molecule has 4 heteroatoms. The van der Waals surface area contributed by atoms with Gasteiger partial charge in [-0.25, -0.2) is 4.85 Å². The minimum Gasteiger partial charge on any atom is -0.322 e. The van der Waals surface area contributed by atoms with Crippen LogP contribution in [0.15, 0.2) is 48.8 Å². The van der Waals surface area contributed by atoms with Crippen molar-refractivity contribution >= 4 is 17.3 Å². The van der Waals surface area contributed by atoms with Gasteiger partial charge in [-0.1, -0.05) is 12.1 Å². The fourth-order valence-electron chi connectivity index (χ4n) is 1.33. The number of hydrogen-bond acceptors (Lipinski definition) is 2. The Kier molecular flexibility index (Phi) is 3.13. The smallest absolute Gasteiger partial charge is 0.255 e. The summed E-state index contributed by atoms with van der Waals surface area (Å²) in [6.07, 6.45) is 3.13. The van der Waals surface area contributed by atoms with Crippen molar-refractivity contribution in [2.75, 3.05) is 5.32 Å². The van der Waals surface area contributed by atoms with Gasteiger partial charge in [0.15, 0.2) is 5.69 Å². The number of anilines is 1. The molecule has 1 N–H and O–H groups in total. The highest BCUT2D eigenvalue weighted by atomic mass is 16.1. The lowest BCUT2D eigenvalue weighted by molar-refractivity contribution is 0.102. The number of hydrogen-bond donors (Lipinski definition) is 1. The average Bonchev–Trinajstić information content (AvgIpc) is 2.40. The molecule has 0 saturated carbocycles. The molecular formula is C13H9N3O. The molecule has 0 spiro atoms. The van der Waals surface area contributed by atoms with Crippen LogP contribution in [-0.2, 0) is 0 Å². The zero-order valence-corrected chi connectivity index (χ0v) is 8.92. The third kappa shape index (κ3) is 2.67. The summed E-state index contributed by atoms with van der Waals surface area (Å²) in [6.45, 7) is 6.82. The molecule has 0 bridgehead atoms. The van der Waals surface area contributed by atoms with Gasteiger partial charge in [0.25, 0.3) is 5.91 Å². The minimum absolute atomic E-state index is 0.192. The fraction of sp³-hybridized carbons (Fsp3) is 0. The van der Waals surface area contributed by atoms with Gasteiger partial charge in [-0.05, 0) is 24.3 Å². The van der Waals surface area contributed by atoms with Gasteiger partial charge in [0.2, 0.25) is 0 Å². The Morgan fingerprint density at radius 2 is 1.76 bits per heavy atom. The number of benzene rings is 1. The summed E-state index contributed by atoms with van der Waals surface area (Å²) in [6, 6.07) is 10.0. The first-order chi connectivity index (χ1) is 8.29. The van der Waals surface area contributed by atoms with Crippen LogP contribution in [0.2, 0.25) is 0 Å². The van der Waals surface area contributed by atoms with Gasteiger partial charge in [-0.15, -0.1) is 0 Å². The van der Waals surface area contributed by atoms with E-state index in [9.17, 15) is 4.79 Å². The molecule has 0 atom stereocenters. The first kappa shape index (κ1) is 10.8. The molecule has 82 valence electrons. The normalized spacial score (nSPS) is 9.35. The number of carbonyl (C=O) groups is 1. The largest absolute Gasteiger partial charge is 0.322 e. The highest BCUT2D eigenvalue weighted by molar-refractivity contribution is 6.04. The van der Waals surface area contributed by atoms with Crippen LogP contribution in [0.25, 0.3) is 4.85 Å². The molecule has 2 aromatic rings. The molecule has 2 rings (SSSR count). The van der Waals surface area contributed by atoms with Gasteiger partial charge in [0.1, 0.15) is 0 Å². The first-order valence-electron chi connectivity index (χ1n) is 4.98. The molecule has 1 aromatic carbocycles. The second-order valence-corrected chi connectivity index (χ2v) is 3.35. The Bertz CT molecular complexity index is 555. The standard InChI is InChI=1S/C13H9N3O/c1-14-11-2-4-12(5-3-11)16-13(17)10-6-8-15-9-7-10/h2-9H,(H,16,17). The molecule has 1 aromatic heterocycles. The molecule has 1 amide bonds. The molecule has 17 heavy (non-hydrogen) atoms. The number of nitrogens with one attached hydrogen (secondary N) is 1. The molecule has 0 unspecified atom stereocenters. The third-order valence-corrected chi connectivity index (χ3v) is 2.20. The maximum Gasteiger partial charge on any atom is 0.255 e. The Morgan fingerprint density at radius 3 is 2.35 bits per heavy atom. The van der Waals surface area contributed by atoms with E-state index < -0.39 is 0 Å². The van der Waals surface area contributed by atoms with Crippen LogP contribution in [-0.4, -0.2) is 10.9 Å². The summed E-state index contributed by atoms with van der Waals surface area (Å²) in [5, 5.41) is 2.74. The maximum absolute atomic E-state index is 11.8. The third-order valence-electron chi connectivity index (χ3n) is 2.20. The van der Waals surface area contributed by atoms with Crippen LogP contribution >= 0.6 is 0 Å². The van der Waals surface area contributed by atoms with Gasteiger partial charge < -0.3 is 5.32 Å². The molecule has 0 saturated heterocycles. The van der Waals surface area contributed by atoms with Crippen molar-refractivity contribution in [3.05, 3.63) is 65.8 Å². The Morgan fingerprint density at radius 1 is 1.12 bits per heavy atom. The van der Waals surface area contributed by atoms with Crippen molar-refractivity contribution in [2.24, 2.45) is 0 Å². The summed E-state index contributed by atoms with van der Waals surface area (Å²) >= 11 is 0. The maximum atomic E-state index is 11.8. The summed E-state index contributed by atoms with van der Waals surface area (Å²) in [7, 11) is 0. The van der Waals surface area contributed by atoms with Crippen LogP contribution in [0.3, 0.4) is 0 Å². The lowest BCUT2D eigenvalue weighted by Gasteiger charge is -2.04. The fourth-order valence-corrected chi connectivity index (χ4v) is 1.33. The van der Waals surface area contributed by atoms with Gasteiger partial charge in [0, 0.05) is 23.6 Å². The Balaban J connectivity index is 2.11. The zero-order chi connectivity index (χ0) is 12.1. The second kappa shape index (κ2) is 4.90. The minimum atomic E-state index is -0.192. The van der Waals surface area contributed by atoms with Gasteiger partial charge in [-0.3, -0.25) is 9.78 Å². The monoisotopic (exact) mass is 223 g/mol. The zero-order valence-electron chi connectivity index (χ0n) is 8.92. The number of amides is 1. The van der Waals surface area contributed by atoms with E-state index >= 15 is 0 Å². The predicted molar refractivity (Wildman–Crippen MR) is 64.9 cm³/mol. The van der Waals surface area contributed by atoms with Crippen LogP contribution < -0.4 is 5.32 Å². The van der Waals surface area contributed by atoms with Crippen molar-refractivity contribution in [3.63, 3.8) is 0 Å². The van der Waals surface area contributed by atoms with E-state index in [-0.39, 0.29) is 5.91 Å². The average molecular weight is 223 g/mol. The van der Waals surface area contributed by atoms with Crippen molar-refractivity contribution < 1.29 is 4.79 Å². The molecule has 4 nitrogen and oxygen atoms in total. The Labute approximate surface area is 98.8 Å². The van der Waals surface area contributed by atoms with E-state index in [1.54, 1.807) is 48.8 Å². The molecule has 1 heterocycles. The van der Waals surface area contributed by atoms with Crippen LogP contribution in [0.4, 0.5) is 11.4 Å². The predicted octanol–water partition coefficient (Wildman–Crippen LogP) is 2.88. The quantitative estimate of drug-likeness (QED) is 0.796. The molecule has 0 radical (unpaired) electrons. The number of nitrogens with zero attached hydrogens (tertiary/aromatic N) is 2. The molecule has 0 fully saturated rings. The second-order valence-electron chi connectivity index (χ2n) is 3.35. The number of carbonyl (C=O) groups excluding carboxylic acids is 1. The summed E-state index contributed by atoms with van der Waals surface area (Å²) in [5.41, 5.74) is 1.76. The van der Waals surface area contributed by atoms with Crippen LogP contribution in [0, 0.1) is 6.57 Å². The number of aromatic nitrogens is 1. The van der Waals surface area contributed by atoms with E-state index in [2.05, 4.69) is 15.1 Å². The van der Waals surface area contributed by atoms with Gasteiger partial charge in [-0.2, -0.15) is 0 Å². The van der Waals surface area contributed by atoms with Crippen molar-refractivity contribution in [1.82, 2.24) is 4.98 Å². The topological polar surface area (TPSA) is 46.4 Å².